The summed E-state index contributed by atoms with van der Waals surface area (Å²) in [6, 6.07) is 2.20. The molecule has 7 heteroatoms. The average molecular weight is 284 g/mol. The van der Waals surface area contributed by atoms with Crippen molar-refractivity contribution < 1.29 is 19.2 Å². The number of non-ortho nitro benzene ring substituents is 1. The van der Waals surface area contributed by atoms with Crippen molar-refractivity contribution in [3.05, 3.63) is 39.7 Å². The van der Waals surface area contributed by atoms with Crippen molar-refractivity contribution in [1.29, 1.82) is 0 Å². The Balaban J connectivity index is 2.88. The normalized spacial score (nSPS) is 12.2. The van der Waals surface area contributed by atoms with Crippen LogP contribution in [0, 0.1) is 21.8 Å². The Morgan fingerprint density at radius 1 is 1.45 bits per heavy atom. The Kier molecular flexibility index (Phi) is 5.57. The van der Waals surface area contributed by atoms with Crippen molar-refractivity contribution in [2.45, 2.75) is 26.3 Å². The molecule has 0 radical (unpaired) electrons. The number of hydrogen-bond donors (Lipinski definition) is 2. The van der Waals surface area contributed by atoms with Crippen molar-refractivity contribution in [2.24, 2.45) is 5.92 Å². The van der Waals surface area contributed by atoms with Crippen LogP contribution in [0.4, 0.5) is 10.1 Å². The maximum Gasteiger partial charge on any atom is 0.273 e. The molecule has 0 saturated carbocycles. The SMILES string of the molecule is CC(C)CC(CO)NC(=O)c1cc(F)cc([N+](=O)[O-])c1. The molecule has 6 nitrogen and oxygen atoms in total. The highest BCUT2D eigenvalue weighted by molar-refractivity contribution is 5.95. The molecule has 1 amide bonds. The lowest BCUT2D eigenvalue weighted by Crippen LogP contribution is -2.38. The molecule has 1 atom stereocenters. The van der Waals surface area contributed by atoms with E-state index in [4.69, 9.17) is 0 Å². The summed E-state index contributed by atoms with van der Waals surface area (Å²) < 4.78 is 13.2. The predicted octanol–water partition coefficient (Wildman–Crippen LogP) is 1.87. The van der Waals surface area contributed by atoms with Crippen molar-refractivity contribution in [3.63, 3.8) is 0 Å². The highest BCUT2D eigenvalue weighted by Crippen LogP contribution is 2.16. The molecule has 0 bridgehead atoms. The molecule has 0 aliphatic heterocycles. The fourth-order valence-corrected chi connectivity index (χ4v) is 1.83. The van der Waals surface area contributed by atoms with Crippen LogP contribution in [0.15, 0.2) is 18.2 Å². The zero-order valence-electron chi connectivity index (χ0n) is 11.3. The number of aliphatic hydroxyl groups is 1. The molecule has 0 saturated heterocycles. The third-order valence-electron chi connectivity index (χ3n) is 2.67. The van der Waals surface area contributed by atoms with Gasteiger partial charge < -0.3 is 10.4 Å². The van der Waals surface area contributed by atoms with Crippen LogP contribution in [0.25, 0.3) is 0 Å². The molecule has 2 N–H and O–H groups in total. The van der Waals surface area contributed by atoms with Gasteiger partial charge in [-0.25, -0.2) is 4.39 Å². The molecule has 1 aromatic rings. The minimum Gasteiger partial charge on any atom is -0.394 e. The van der Waals surface area contributed by atoms with Crippen molar-refractivity contribution in [1.82, 2.24) is 5.32 Å². The summed E-state index contributed by atoms with van der Waals surface area (Å²) in [5, 5.41) is 22.3. The van der Waals surface area contributed by atoms with Gasteiger partial charge in [0.25, 0.3) is 11.6 Å². The lowest BCUT2D eigenvalue weighted by molar-refractivity contribution is -0.385. The van der Waals surface area contributed by atoms with Crippen LogP contribution in [-0.2, 0) is 0 Å². The molecule has 0 aliphatic carbocycles. The number of nitro groups is 1. The first kappa shape index (κ1) is 16.0. The van der Waals surface area contributed by atoms with E-state index >= 15 is 0 Å². The van der Waals surface area contributed by atoms with Gasteiger partial charge in [-0.15, -0.1) is 0 Å². The topological polar surface area (TPSA) is 92.5 Å². The van der Waals surface area contributed by atoms with Crippen LogP contribution in [0.1, 0.15) is 30.6 Å². The summed E-state index contributed by atoms with van der Waals surface area (Å²) in [5.74, 6) is -1.24. The number of nitrogens with zero attached hydrogens (tertiary/aromatic N) is 1. The average Bonchev–Trinajstić information content (AvgIpc) is 2.36. The van der Waals surface area contributed by atoms with Crippen LogP contribution >= 0.6 is 0 Å². The summed E-state index contributed by atoms with van der Waals surface area (Å²) >= 11 is 0. The molecule has 0 spiro atoms. The van der Waals surface area contributed by atoms with E-state index in [1.807, 2.05) is 13.8 Å². The number of carbonyl (C=O) groups excluding carboxylic acids is 1. The Hall–Kier alpha value is -2.02. The van der Waals surface area contributed by atoms with E-state index < -0.39 is 28.4 Å². The monoisotopic (exact) mass is 284 g/mol. The smallest absolute Gasteiger partial charge is 0.273 e. The molecule has 0 aromatic heterocycles. The second kappa shape index (κ2) is 6.95. The molecule has 0 aliphatic rings. The van der Waals surface area contributed by atoms with Crippen LogP contribution in [0.2, 0.25) is 0 Å². The van der Waals surface area contributed by atoms with Crippen LogP contribution in [-0.4, -0.2) is 28.6 Å². The first-order valence-electron chi connectivity index (χ1n) is 6.20. The Labute approximate surface area is 115 Å². The molecular weight excluding hydrogens is 267 g/mol. The van der Waals surface area contributed by atoms with Gasteiger partial charge in [-0.3, -0.25) is 14.9 Å². The number of rotatable bonds is 6. The molecule has 1 unspecified atom stereocenters. The maximum atomic E-state index is 13.2. The van der Waals surface area contributed by atoms with Gasteiger partial charge in [0.1, 0.15) is 5.82 Å². The third kappa shape index (κ3) is 4.58. The molecule has 0 fully saturated rings. The van der Waals surface area contributed by atoms with Crippen LogP contribution in [0.5, 0.6) is 0 Å². The third-order valence-corrected chi connectivity index (χ3v) is 2.67. The summed E-state index contributed by atoms with van der Waals surface area (Å²) in [7, 11) is 0. The van der Waals surface area contributed by atoms with E-state index in [9.17, 15) is 24.4 Å². The van der Waals surface area contributed by atoms with Gasteiger partial charge in [-0.1, -0.05) is 13.8 Å². The van der Waals surface area contributed by atoms with E-state index in [0.717, 1.165) is 18.2 Å². The number of amides is 1. The van der Waals surface area contributed by atoms with Crippen LogP contribution in [0.3, 0.4) is 0 Å². The largest absolute Gasteiger partial charge is 0.394 e. The van der Waals surface area contributed by atoms with Crippen LogP contribution < -0.4 is 5.32 Å². The maximum absolute atomic E-state index is 13.2. The van der Waals surface area contributed by atoms with Gasteiger partial charge in [-0.05, 0) is 18.4 Å². The number of aliphatic hydroxyl groups excluding tert-OH is 1. The molecule has 20 heavy (non-hydrogen) atoms. The Bertz CT molecular complexity index is 505. The number of nitro benzene ring substituents is 1. The lowest BCUT2D eigenvalue weighted by atomic mass is 10.0. The van der Waals surface area contributed by atoms with Crippen molar-refractivity contribution >= 4 is 11.6 Å². The number of halogens is 1. The van der Waals surface area contributed by atoms with E-state index in [0.29, 0.717) is 6.42 Å². The summed E-state index contributed by atoms with van der Waals surface area (Å²) in [6.45, 7) is 3.62. The van der Waals surface area contributed by atoms with Gasteiger partial charge in [0.2, 0.25) is 0 Å². The minimum atomic E-state index is -0.853. The molecular formula is C13H17FN2O4. The standard InChI is InChI=1S/C13H17FN2O4/c1-8(2)3-11(7-17)15-13(18)9-4-10(14)6-12(5-9)16(19)20/h4-6,8,11,17H,3,7H2,1-2H3,(H,15,18). The lowest BCUT2D eigenvalue weighted by Gasteiger charge is -2.18. The first-order valence-corrected chi connectivity index (χ1v) is 6.20. The van der Waals surface area contributed by atoms with E-state index in [1.54, 1.807) is 0 Å². The van der Waals surface area contributed by atoms with Crippen molar-refractivity contribution in [2.75, 3.05) is 6.61 Å². The second-order valence-corrected chi connectivity index (χ2v) is 4.94. The highest BCUT2D eigenvalue weighted by atomic mass is 19.1. The Morgan fingerprint density at radius 2 is 2.10 bits per heavy atom. The molecule has 0 heterocycles. The molecule has 110 valence electrons. The van der Waals surface area contributed by atoms with Gasteiger partial charge in [-0.2, -0.15) is 0 Å². The van der Waals surface area contributed by atoms with Gasteiger partial charge in [0.15, 0.2) is 0 Å². The quantitative estimate of drug-likeness (QED) is 0.616. The number of benzene rings is 1. The van der Waals surface area contributed by atoms with E-state index in [2.05, 4.69) is 5.32 Å². The van der Waals surface area contributed by atoms with E-state index in [1.165, 1.54) is 0 Å². The second-order valence-electron chi connectivity index (χ2n) is 4.94. The zero-order chi connectivity index (χ0) is 15.3. The first-order chi connectivity index (χ1) is 9.33. The summed E-state index contributed by atoms with van der Waals surface area (Å²) in [4.78, 5) is 21.8. The van der Waals surface area contributed by atoms with E-state index in [-0.39, 0.29) is 18.1 Å². The summed E-state index contributed by atoms with van der Waals surface area (Å²) in [5.41, 5.74) is -0.626. The number of nitrogens with one attached hydrogen (secondary N) is 1. The summed E-state index contributed by atoms with van der Waals surface area (Å²) in [6.07, 6.45) is 0.555. The van der Waals surface area contributed by atoms with Gasteiger partial charge in [0.05, 0.1) is 23.6 Å². The molecule has 1 aromatic carbocycles. The number of carbonyl (C=O) groups is 1. The number of hydrogen-bond acceptors (Lipinski definition) is 4. The highest BCUT2D eigenvalue weighted by Gasteiger charge is 2.18. The van der Waals surface area contributed by atoms with Crippen molar-refractivity contribution in [3.8, 4) is 0 Å². The predicted molar refractivity (Wildman–Crippen MR) is 70.8 cm³/mol. The van der Waals surface area contributed by atoms with Gasteiger partial charge in [0, 0.05) is 11.6 Å². The van der Waals surface area contributed by atoms with Gasteiger partial charge >= 0.3 is 0 Å². The Morgan fingerprint density at radius 3 is 2.60 bits per heavy atom. The fourth-order valence-electron chi connectivity index (χ4n) is 1.83. The fraction of sp³-hybridized carbons (Fsp3) is 0.462. The molecule has 1 rings (SSSR count). The zero-order valence-corrected chi connectivity index (χ0v) is 11.3. The minimum absolute atomic E-state index is 0.140.